The number of nitrogen functional groups attached to an aromatic ring is 1. The Morgan fingerprint density at radius 1 is 1.65 bits per heavy atom. The molecule has 4 N–H and O–H groups in total. The van der Waals surface area contributed by atoms with Crippen LogP contribution >= 0.6 is 0 Å². The normalized spacial score (nSPS) is 25.4. The molecule has 1 amide bonds. The van der Waals surface area contributed by atoms with Gasteiger partial charge in [-0.15, -0.1) is 0 Å². The van der Waals surface area contributed by atoms with E-state index in [0.717, 1.165) is 0 Å². The molecule has 0 spiro atoms. The lowest BCUT2D eigenvalue weighted by atomic mass is 9.97. The first-order valence-electron chi connectivity index (χ1n) is 6.59. The van der Waals surface area contributed by atoms with Gasteiger partial charge in [0.25, 0.3) is 5.91 Å². The highest BCUT2D eigenvalue weighted by Gasteiger charge is 2.39. The molecule has 0 radical (unpaired) electrons. The molecule has 0 saturated carbocycles. The van der Waals surface area contributed by atoms with E-state index in [9.17, 15) is 9.90 Å². The molecular weight excluding hydrogens is 260 g/mol. The number of hydrogen-bond acceptors (Lipinski definition) is 5. The Morgan fingerprint density at radius 2 is 2.45 bits per heavy atom. The molecule has 1 heterocycles. The Balaban J connectivity index is 1.76. The van der Waals surface area contributed by atoms with Crippen LogP contribution in [0.5, 0.6) is 5.75 Å². The lowest BCUT2D eigenvalue weighted by molar-refractivity contribution is -0.124. The van der Waals surface area contributed by atoms with E-state index >= 15 is 0 Å². The van der Waals surface area contributed by atoms with Crippen LogP contribution < -0.4 is 15.8 Å². The molecule has 1 saturated heterocycles. The van der Waals surface area contributed by atoms with Gasteiger partial charge in [-0.3, -0.25) is 4.79 Å². The number of benzene rings is 1. The zero-order chi connectivity index (χ0) is 14.6. The van der Waals surface area contributed by atoms with Crippen LogP contribution in [-0.4, -0.2) is 42.5 Å². The highest BCUT2D eigenvalue weighted by molar-refractivity contribution is 5.77. The van der Waals surface area contributed by atoms with Gasteiger partial charge in [-0.2, -0.15) is 0 Å². The minimum absolute atomic E-state index is 0.116. The molecule has 2 rings (SSSR count). The average molecular weight is 280 g/mol. The zero-order valence-corrected chi connectivity index (χ0v) is 11.5. The summed E-state index contributed by atoms with van der Waals surface area (Å²) in [6.45, 7) is 2.35. The topological polar surface area (TPSA) is 93.8 Å². The number of nitrogens with two attached hydrogens (primary N) is 1. The molecule has 0 aromatic heterocycles. The van der Waals surface area contributed by atoms with Crippen molar-refractivity contribution in [3.05, 3.63) is 24.3 Å². The second-order valence-corrected chi connectivity index (χ2v) is 5.00. The molecule has 2 unspecified atom stereocenters. The van der Waals surface area contributed by atoms with Crippen LogP contribution in [0.4, 0.5) is 5.69 Å². The molecule has 1 aliphatic rings. The van der Waals surface area contributed by atoms with Gasteiger partial charge in [-0.05, 0) is 19.1 Å². The predicted octanol–water partition coefficient (Wildman–Crippen LogP) is 0.304. The van der Waals surface area contributed by atoms with E-state index in [-0.39, 0.29) is 25.2 Å². The van der Waals surface area contributed by atoms with Crippen molar-refractivity contribution in [1.29, 1.82) is 0 Å². The van der Waals surface area contributed by atoms with E-state index < -0.39 is 5.60 Å². The summed E-state index contributed by atoms with van der Waals surface area (Å²) in [6.07, 6.45) is 0.238. The number of carbonyl (C=O) groups excluding carboxylic acids is 1. The fourth-order valence-corrected chi connectivity index (χ4v) is 2.06. The Bertz CT molecular complexity index is 480. The molecule has 1 aromatic rings. The highest BCUT2D eigenvalue weighted by Crippen LogP contribution is 2.24. The summed E-state index contributed by atoms with van der Waals surface area (Å²) in [7, 11) is 0. The molecule has 0 aliphatic carbocycles. The van der Waals surface area contributed by atoms with Crippen molar-refractivity contribution in [2.45, 2.75) is 25.0 Å². The molecule has 1 fully saturated rings. The molecule has 20 heavy (non-hydrogen) atoms. The maximum atomic E-state index is 11.7. The summed E-state index contributed by atoms with van der Waals surface area (Å²) in [4.78, 5) is 11.7. The highest BCUT2D eigenvalue weighted by atomic mass is 16.5. The van der Waals surface area contributed by atoms with Gasteiger partial charge < -0.3 is 25.6 Å². The number of aliphatic hydroxyl groups is 1. The molecule has 6 nitrogen and oxygen atoms in total. The van der Waals surface area contributed by atoms with Gasteiger partial charge in [-0.1, -0.05) is 6.07 Å². The van der Waals surface area contributed by atoms with Crippen LogP contribution in [0.2, 0.25) is 0 Å². The van der Waals surface area contributed by atoms with Gasteiger partial charge in [0.15, 0.2) is 6.61 Å². The summed E-state index contributed by atoms with van der Waals surface area (Å²) >= 11 is 0. The van der Waals surface area contributed by atoms with E-state index in [1.807, 2.05) is 0 Å². The quantitative estimate of drug-likeness (QED) is 0.675. The molecular formula is C14H20N2O4. The van der Waals surface area contributed by atoms with Gasteiger partial charge in [0, 0.05) is 31.3 Å². The van der Waals surface area contributed by atoms with Crippen LogP contribution in [0.3, 0.4) is 0 Å². The number of carbonyl (C=O) groups is 1. The third-order valence-electron chi connectivity index (χ3n) is 3.48. The molecule has 6 heteroatoms. The van der Waals surface area contributed by atoms with Crippen LogP contribution in [0.15, 0.2) is 24.3 Å². The summed E-state index contributed by atoms with van der Waals surface area (Å²) < 4.78 is 10.6. The number of rotatable bonds is 5. The number of hydrogen-bond donors (Lipinski definition) is 3. The molecule has 0 bridgehead atoms. The Kier molecular flexibility index (Phi) is 4.46. The number of nitrogens with one attached hydrogen (secondary N) is 1. The third kappa shape index (κ3) is 3.61. The molecule has 2 atom stereocenters. The summed E-state index contributed by atoms with van der Waals surface area (Å²) in [5.41, 5.74) is 5.20. The standard InChI is InChI=1S/C14H20N2O4/c1-10-14(18,5-6-19-10)9-16-13(17)8-20-12-4-2-3-11(15)7-12/h2-4,7,10,18H,5-6,8-9,15H2,1H3,(H,16,17). The van der Waals surface area contributed by atoms with Gasteiger partial charge in [0.2, 0.25) is 0 Å². The first-order chi connectivity index (χ1) is 9.49. The van der Waals surface area contributed by atoms with Gasteiger partial charge >= 0.3 is 0 Å². The molecule has 110 valence electrons. The van der Waals surface area contributed by atoms with Crippen molar-refractivity contribution in [1.82, 2.24) is 5.32 Å². The van der Waals surface area contributed by atoms with Crippen molar-refractivity contribution in [3.63, 3.8) is 0 Å². The summed E-state index contributed by atoms with van der Waals surface area (Å²) in [5.74, 6) is 0.247. The maximum Gasteiger partial charge on any atom is 0.258 e. The van der Waals surface area contributed by atoms with Crippen molar-refractivity contribution in [2.24, 2.45) is 0 Å². The lowest BCUT2D eigenvalue weighted by Crippen LogP contribution is -2.48. The zero-order valence-electron chi connectivity index (χ0n) is 11.5. The van der Waals surface area contributed by atoms with Crippen molar-refractivity contribution in [2.75, 3.05) is 25.5 Å². The molecule has 1 aliphatic heterocycles. The van der Waals surface area contributed by atoms with E-state index in [1.54, 1.807) is 31.2 Å². The van der Waals surface area contributed by atoms with E-state index in [0.29, 0.717) is 24.5 Å². The van der Waals surface area contributed by atoms with Gasteiger partial charge in [0.1, 0.15) is 11.4 Å². The van der Waals surface area contributed by atoms with E-state index in [4.69, 9.17) is 15.2 Å². The number of anilines is 1. The van der Waals surface area contributed by atoms with Gasteiger partial charge in [0.05, 0.1) is 6.10 Å². The number of ether oxygens (including phenoxy) is 2. The van der Waals surface area contributed by atoms with Crippen LogP contribution in [0.1, 0.15) is 13.3 Å². The monoisotopic (exact) mass is 280 g/mol. The predicted molar refractivity (Wildman–Crippen MR) is 74.3 cm³/mol. The van der Waals surface area contributed by atoms with E-state index in [1.165, 1.54) is 0 Å². The molecule has 1 aromatic carbocycles. The second kappa shape index (κ2) is 6.11. The van der Waals surface area contributed by atoms with Crippen LogP contribution in [0.25, 0.3) is 0 Å². The van der Waals surface area contributed by atoms with Crippen LogP contribution in [-0.2, 0) is 9.53 Å². The third-order valence-corrected chi connectivity index (χ3v) is 3.48. The van der Waals surface area contributed by atoms with Crippen molar-refractivity contribution < 1.29 is 19.4 Å². The SMILES string of the molecule is CC1OCCC1(O)CNC(=O)COc1cccc(N)c1. The Morgan fingerprint density at radius 3 is 3.10 bits per heavy atom. The van der Waals surface area contributed by atoms with E-state index in [2.05, 4.69) is 5.32 Å². The average Bonchev–Trinajstić information content (AvgIpc) is 2.75. The summed E-state index contributed by atoms with van der Waals surface area (Å²) in [5, 5.41) is 12.9. The fourth-order valence-electron chi connectivity index (χ4n) is 2.06. The fraction of sp³-hybridized carbons (Fsp3) is 0.500. The Labute approximate surface area is 117 Å². The minimum atomic E-state index is -0.993. The smallest absolute Gasteiger partial charge is 0.258 e. The minimum Gasteiger partial charge on any atom is -0.484 e. The van der Waals surface area contributed by atoms with Crippen LogP contribution in [0, 0.1) is 0 Å². The maximum absolute atomic E-state index is 11.7. The first-order valence-corrected chi connectivity index (χ1v) is 6.59. The second-order valence-electron chi connectivity index (χ2n) is 5.00. The van der Waals surface area contributed by atoms with Crippen molar-refractivity contribution in [3.8, 4) is 5.75 Å². The van der Waals surface area contributed by atoms with Crippen molar-refractivity contribution >= 4 is 11.6 Å². The first kappa shape index (κ1) is 14.6. The largest absolute Gasteiger partial charge is 0.484 e. The summed E-state index contributed by atoms with van der Waals surface area (Å²) in [6, 6.07) is 6.87. The lowest BCUT2D eigenvalue weighted by Gasteiger charge is -2.26. The number of amides is 1. The van der Waals surface area contributed by atoms with Gasteiger partial charge in [-0.25, -0.2) is 0 Å². The Hall–Kier alpha value is -1.79.